The van der Waals surface area contributed by atoms with E-state index >= 15 is 0 Å². The Hall–Kier alpha value is -2.81. The van der Waals surface area contributed by atoms with Gasteiger partial charge in [0.25, 0.3) is 0 Å². The summed E-state index contributed by atoms with van der Waals surface area (Å²) in [6.07, 6.45) is 0. The first-order chi connectivity index (χ1) is 13.7. The molecule has 4 heteroatoms. The summed E-state index contributed by atoms with van der Waals surface area (Å²) in [7, 11) is 0. The molecule has 1 atom stereocenters. The fraction of sp³-hybridized carbons (Fsp3) is 0.0417. The smallest absolute Gasteiger partial charge is 0.133 e. The van der Waals surface area contributed by atoms with Gasteiger partial charge in [-0.1, -0.05) is 65.7 Å². The van der Waals surface area contributed by atoms with E-state index in [-0.39, 0.29) is 6.04 Å². The fourth-order valence-corrected chi connectivity index (χ4v) is 3.95. The van der Waals surface area contributed by atoms with Crippen LogP contribution in [0.1, 0.15) is 22.7 Å². The highest BCUT2D eigenvalue weighted by Crippen LogP contribution is 2.40. The van der Waals surface area contributed by atoms with Crippen molar-refractivity contribution in [3.63, 3.8) is 0 Å². The lowest BCUT2D eigenvalue weighted by Gasteiger charge is -2.27. The summed E-state index contributed by atoms with van der Waals surface area (Å²) in [6, 6.07) is 28.2. The molecule has 0 radical (unpaired) electrons. The molecule has 4 aromatic rings. The molecule has 0 aromatic heterocycles. The summed E-state index contributed by atoms with van der Waals surface area (Å²) in [6.45, 7) is 0. The number of rotatable bonds is 2. The monoisotopic (exact) mass is 402 g/mol. The molecule has 1 heterocycles. The van der Waals surface area contributed by atoms with E-state index < -0.39 is 0 Å². The SMILES string of the molecule is Clc1ccc(C2=N[C@H](c3ccc(Cl)cc3)c3c(ccc4ccccc34)N2)cc1. The maximum atomic E-state index is 6.12. The van der Waals surface area contributed by atoms with Crippen LogP contribution in [0.4, 0.5) is 5.69 Å². The molecule has 1 N–H and O–H groups in total. The van der Waals surface area contributed by atoms with Crippen molar-refractivity contribution in [1.29, 1.82) is 0 Å². The standard InChI is InChI=1S/C24H16Cl2N2/c25-18-10-5-16(6-11-18)23-22-20-4-2-1-3-15(20)9-14-21(22)27-24(28-23)17-7-12-19(26)13-8-17/h1-14,23H,(H,27,28)/t23-/m1/s1. The molecule has 0 saturated heterocycles. The molecule has 0 bridgehead atoms. The van der Waals surface area contributed by atoms with E-state index in [0.29, 0.717) is 5.02 Å². The van der Waals surface area contributed by atoms with Gasteiger partial charge in [0, 0.05) is 26.9 Å². The Labute approximate surface area is 173 Å². The van der Waals surface area contributed by atoms with E-state index in [0.717, 1.165) is 27.7 Å². The van der Waals surface area contributed by atoms with E-state index in [2.05, 4.69) is 41.7 Å². The van der Waals surface area contributed by atoms with Gasteiger partial charge in [0.05, 0.1) is 0 Å². The van der Waals surface area contributed by atoms with E-state index in [1.54, 1.807) is 0 Å². The zero-order valence-electron chi connectivity index (χ0n) is 14.9. The summed E-state index contributed by atoms with van der Waals surface area (Å²) in [5.74, 6) is 0.833. The van der Waals surface area contributed by atoms with Gasteiger partial charge in [-0.3, -0.25) is 4.99 Å². The minimum absolute atomic E-state index is 0.120. The number of hydrogen-bond donors (Lipinski definition) is 1. The predicted molar refractivity (Wildman–Crippen MR) is 119 cm³/mol. The zero-order valence-corrected chi connectivity index (χ0v) is 16.4. The Morgan fingerprint density at radius 2 is 1.39 bits per heavy atom. The van der Waals surface area contributed by atoms with Gasteiger partial charge >= 0.3 is 0 Å². The first kappa shape index (κ1) is 17.3. The number of halogens is 2. The van der Waals surface area contributed by atoms with Crippen LogP contribution in [0.5, 0.6) is 0 Å². The van der Waals surface area contributed by atoms with Crippen LogP contribution in [0.2, 0.25) is 10.0 Å². The van der Waals surface area contributed by atoms with E-state index in [9.17, 15) is 0 Å². The summed E-state index contributed by atoms with van der Waals surface area (Å²) in [5, 5.41) is 7.35. The Balaban J connectivity index is 1.73. The van der Waals surface area contributed by atoms with Crippen LogP contribution in [-0.2, 0) is 0 Å². The molecular formula is C24H16Cl2N2. The van der Waals surface area contributed by atoms with Crippen molar-refractivity contribution < 1.29 is 0 Å². The van der Waals surface area contributed by atoms with Gasteiger partial charge in [0.15, 0.2) is 0 Å². The van der Waals surface area contributed by atoms with E-state index in [1.165, 1.54) is 16.3 Å². The van der Waals surface area contributed by atoms with Crippen molar-refractivity contribution in [3.05, 3.63) is 112 Å². The molecule has 5 rings (SSSR count). The van der Waals surface area contributed by atoms with Gasteiger partial charge < -0.3 is 5.32 Å². The normalized spacial score (nSPS) is 15.6. The summed E-state index contributed by atoms with van der Waals surface area (Å²) < 4.78 is 0. The Kier molecular flexibility index (Phi) is 4.31. The van der Waals surface area contributed by atoms with E-state index in [4.69, 9.17) is 28.2 Å². The third-order valence-corrected chi connectivity index (χ3v) is 5.56. The molecule has 0 spiro atoms. The molecule has 0 aliphatic carbocycles. The molecule has 0 fully saturated rings. The summed E-state index contributed by atoms with van der Waals surface area (Å²) in [5.41, 5.74) is 4.36. The second-order valence-corrected chi connectivity index (χ2v) is 7.68. The lowest BCUT2D eigenvalue weighted by atomic mass is 9.91. The van der Waals surface area contributed by atoms with Gasteiger partial charge in [-0.15, -0.1) is 0 Å². The molecular weight excluding hydrogens is 387 g/mol. The van der Waals surface area contributed by atoms with Crippen molar-refractivity contribution in [3.8, 4) is 0 Å². The molecule has 0 amide bonds. The minimum Gasteiger partial charge on any atom is -0.340 e. The average Bonchev–Trinajstić information content (AvgIpc) is 2.74. The highest BCUT2D eigenvalue weighted by Gasteiger charge is 2.25. The maximum absolute atomic E-state index is 6.12. The average molecular weight is 403 g/mol. The van der Waals surface area contributed by atoms with Crippen molar-refractivity contribution in [2.75, 3.05) is 5.32 Å². The van der Waals surface area contributed by atoms with Crippen LogP contribution in [0.3, 0.4) is 0 Å². The number of nitrogens with zero attached hydrogens (tertiary/aromatic N) is 1. The second kappa shape index (κ2) is 6.97. The fourth-order valence-electron chi connectivity index (χ4n) is 3.69. The van der Waals surface area contributed by atoms with Crippen LogP contribution in [0.15, 0.2) is 89.9 Å². The zero-order chi connectivity index (χ0) is 19.1. The number of amidine groups is 1. The van der Waals surface area contributed by atoms with Crippen molar-refractivity contribution in [1.82, 2.24) is 0 Å². The van der Waals surface area contributed by atoms with Crippen molar-refractivity contribution in [2.24, 2.45) is 4.99 Å². The molecule has 136 valence electrons. The molecule has 4 aromatic carbocycles. The van der Waals surface area contributed by atoms with Crippen LogP contribution in [0, 0.1) is 0 Å². The van der Waals surface area contributed by atoms with Gasteiger partial charge in [-0.05, 0) is 58.8 Å². The van der Waals surface area contributed by atoms with Crippen LogP contribution < -0.4 is 5.32 Å². The van der Waals surface area contributed by atoms with Gasteiger partial charge in [0.1, 0.15) is 11.9 Å². The Bertz CT molecular complexity index is 1200. The first-order valence-electron chi connectivity index (χ1n) is 9.07. The minimum atomic E-state index is -0.120. The van der Waals surface area contributed by atoms with Crippen molar-refractivity contribution in [2.45, 2.75) is 6.04 Å². The largest absolute Gasteiger partial charge is 0.340 e. The lowest BCUT2D eigenvalue weighted by Crippen LogP contribution is -2.22. The number of benzene rings is 4. The highest BCUT2D eigenvalue weighted by molar-refractivity contribution is 6.31. The number of aliphatic imine (C=N–C) groups is 1. The number of nitrogens with one attached hydrogen (secondary N) is 1. The lowest BCUT2D eigenvalue weighted by molar-refractivity contribution is 0.872. The maximum Gasteiger partial charge on any atom is 0.133 e. The number of fused-ring (bicyclic) bond motifs is 3. The summed E-state index contributed by atoms with van der Waals surface area (Å²) in [4.78, 5) is 5.09. The molecule has 1 aliphatic heterocycles. The molecule has 2 nitrogen and oxygen atoms in total. The van der Waals surface area contributed by atoms with Crippen molar-refractivity contribution >= 4 is 45.5 Å². The van der Waals surface area contributed by atoms with Crippen LogP contribution in [0.25, 0.3) is 10.8 Å². The Morgan fingerprint density at radius 1 is 0.714 bits per heavy atom. The Morgan fingerprint density at radius 3 is 2.14 bits per heavy atom. The van der Waals surface area contributed by atoms with E-state index in [1.807, 2.05) is 48.5 Å². The third kappa shape index (κ3) is 3.05. The van der Waals surface area contributed by atoms with Crippen LogP contribution in [-0.4, -0.2) is 5.84 Å². The van der Waals surface area contributed by atoms with Gasteiger partial charge in [0.2, 0.25) is 0 Å². The number of hydrogen-bond acceptors (Lipinski definition) is 2. The van der Waals surface area contributed by atoms with Gasteiger partial charge in [-0.2, -0.15) is 0 Å². The molecule has 0 unspecified atom stereocenters. The number of anilines is 1. The molecule has 0 saturated carbocycles. The van der Waals surface area contributed by atoms with Gasteiger partial charge in [-0.25, -0.2) is 0 Å². The highest BCUT2D eigenvalue weighted by atomic mass is 35.5. The second-order valence-electron chi connectivity index (χ2n) is 6.81. The summed E-state index contributed by atoms with van der Waals surface area (Å²) >= 11 is 12.2. The quantitative estimate of drug-likeness (QED) is 0.379. The molecule has 28 heavy (non-hydrogen) atoms. The topological polar surface area (TPSA) is 24.4 Å². The third-order valence-electron chi connectivity index (χ3n) is 5.06. The molecule has 1 aliphatic rings. The van der Waals surface area contributed by atoms with Crippen LogP contribution >= 0.6 is 23.2 Å². The first-order valence-corrected chi connectivity index (χ1v) is 9.82. The predicted octanol–water partition coefficient (Wildman–Crippen LogP) is 7.11.